The molecule has 1 rings (SSSR count). The molecule has 29 heavy (non-hydrogen) atoms. The van der Waals surface area contributed by atoms with E-state index >= 15 is 0 Å². The first kappa shape index (κ1) is 24.8. The molecular weight excluding hydrogens is 396 g/mol. The minimum Gasteiger partial charge on any atom is -0.463 e. The lowest BCUT2D eigenvalue weighted by Gasteiger charge is -2.44. The summed E-state index contributed by atoms with van der Waals surface area (Å²) < 4.78 is 31.6. The Labute approximate surface area is 166 Å². The van der Waals surface area contributed by atoms with Crippen LogP contribution in [0.5, 0.6) is 0 Å². The van der Waals surface area contributed by atoms with Gasteiger partial charge in [-0.05, 0) is 0 Å². The van der Waals surface area contributed by atoms with E-state index in [1.807, 2.05) is 0 Å². The quantitative estimate of drug-likeness (QED) is 0.325. The van der Waals surface area contributed by atoms with Crippen LogP contribution in [0.3, 0.4) is 0 Å². The lowest BCUT2D eigenvalue weighted by Crippen LogP contribution is -2.63. The molecule has 166 valence electrons. The molecular formula is C17H26O12. The number of hydrogen-bond donors (Lipinski definition) is 2. The summed E-state index contributed by atoms with van der Waals surface area (Å²) in [5.41, 5.74) is 0. The molecule has 0 radical (unpaired) electrons. The van der Waals surface area contributed by atoms with Crippen molar-refractivity contribution in [2.24, 2.45) is 0 Å². The maximum absolute atomic E-state index is 11.6. The molecule has 0 saturated carbocycles. The van der Waals surface area contributed by atoms with Crippen LogP contribution in [0.2, 0.25) is 0 Å². The molecule has 12 heteroatoms. The molecule has 0 spiro atoms. The van der Waals surface area contributed by atoms with Crippen LogP contribution in [-0.2, 0) is 47.6 Å². The minimum absolute atomic E-state index is 0.402. The zero-order valence-corrected chi connectivity index (χ0v) is 16.6. The van der Waals surface area contributed by atoms with E-state index in [4.69, 9.17) is 28.4 Å². The molecule has 0 amide bonds. The van der Waals surface area contributed by atoms with E-state index in [2.05, 4.69) is 0 Å². The van der Waals surface area contributed by atoms with Crippen LogP contribution in [0, 0.1) is 0 Å². The van der Waals surface area contributed by atoms with Crippen molar-refractivity contribution < 1.29 is 57.8 Å². The van der Waals surface area contributed by atoms with E-state index in [-0.39, 0.29) is 0 Å². The molecule has 0 bridgehead atoms. The second-order valence-corrected chi connectivity index (χ2v) is 6.19. The Morgan fingerprint density at radius 3 is 1.72 bits per heavy atom. The van der Waals surface area contributed by atoms with Crippen molar-refractivity contribution >= 4 is 23.9 Å². The molecule has 1 fully saturated rings. The largest absolute Gasteiger partial charge is 0.463 e. The van der Waals surface area contributed by atoms with Crippen molar-refractivity contribution in [3.63, 3.8) is 0 Å². The first-order valence-corrected chi connectivity index (χ1v) is 8.76. The maximum atomic E-state index is 11.6. The van der Waals surface area contributed by atoms with Crippen LogP contribution in [0.1, 0.15) is 27.7 Å². The van der Waals surface area contributed by atoms with Crippen LogP contribution in [0.25, 0.3) is 0 Å². The lowest BCUT2D eigenvalue weighted by molar-refractivity contribution is -0.320. The predicted molar refractivity (Wildman–Crippen MR) is 91.0 cm³/mol. The van der Waals surface area contributed by atoms with Crippen molar-refractivity contribution in [1.82, 2.24) is 0 Å². The Kier molecular flexibility index (Phi) is 9.95. The molecule has 0 aromatic heterocycles. The highest BCUT2D eigenvalue weighted by atomic mass is 16.7. The molecule has 1 heterocycles. The van der Waals surface area contributed by atoms with E-state index in [9.17, 15) is 29.4 Å². The van der Waals surface area contributed by atoms with Crippen molar-refractivity contribution in [2.45, 2.75) is 64.5 Å². The van der Waals surface area contributed by atoms with Gasteiger partial charge in [0.25, 0.3) is 0 Å². The van der Waals surface area contributed by atoms with Gasteiger partial charge in [0.1, 0.15) is 18.8 Å². The summed E-state index contributed by atoms with van der Waals surface area (Å²) in [6, 6.07) is 0. The van der Waals surface area contributed by atoms with Gasteiger partial charge in [0, 0.05) is 27.7 Å². The Morgan fingerprint density at radius 2 is 1.28 bits per heavy atom. The van der Waals surface area contributed by atoms with E-state index < -0.39 is 80.5 Å². The van der Waals surface area contributed by atoms with Crippen molar-refractivity contribution in [3.8, 4) is 0 Å². The van der Waals surface area contributed by atoms with Crippen LogP contribution in [-0.4, -0.2) is 90.7 Å². The van der Waals surface area contributed by atoms with Crippen LogP contribution >= 0.6 is 0 Å². The number of carbonyl (C=O) groups excluding carboxylic acids is 4. The fraction of sp³-hybridized carbons (Fsp3) is 0.765. The topological polar surface area (TPSA) is 164 Å². The van der Waals surface area contributed by atoms with Gasteiger partial charge in [0.2, 0.25) is 0 Å². The number of rotatable bonds is 9. The number of ether oxygens (including phenoxy) is 6. The highest BCUT2D eigenvalue weighted by Gasteiger charge is 2.53. The smallest absolute Gasteiger partial charge is 0.303 e. The summed E-state index contributed by atoms with van der Waals surface area (Å²) in [6.07, 6.45) is -7.81. The van der Waals surface area contributed by atoms with Gasteiger partial charge in [0.15, 0.2) is 24.6 Å². The molecule has 0 aliphatic carbocycles. The summed E-state index contributed by atoms with van der Waals surface area (Å²) in [6.45, 7) is 2.84. The summed E-state index contributed by atoms with van der Waals surface area (Å²) in [4.78, 5) is 46.0. The monoisotopic (exact) mass is 422 g/mol. The molecule has 0 aromatic rings. The van der Waals surface area contributed by atoms with Gasteiger partial charge in [-0.15, -0.1) is 0 Å². The van der Waals surface area contributed by atoms with E-state index in [1.54, 1.807) is 0 Å². The van der Waals surface area contributed by atoms with Gasteiger partial charge in [0.05, 0.1) is 13.2 Å². The SMILES string of the molecule is CC(=O)OC[C@H]1O[C@@H](OC(CO)CO)[C@H](OC(C)=O)[C@@H](OC(C)=O)[C@@H]1OC(C)=O. The van der Waals surface area contributed by atoms with Gasteiger partial charge < -0.3 is 38.6 Å². The zero-order chi connectivity index (χ0) is 22.1. The highest BCUT2D eigenvalue weighted by Crippen LogP contribution is 2.30. The molecule has 0 aromatic carbocycles. The number of hydrogen-bond acceptors (Lipinski definition) is 12. The molecule has 0 unspecified atom stereocenters. The highest BCUT2D eigenvalue weighted by molar-refractivity contribution is 5.68. The average Bonchev–Trinajstić information content (AvgIpc) is 2.61. The fourth-order valence-corrected chi connectivity index (χ4v) is 2.63. The minimum atomic E-state index is -1.44. The van der Waals surface area contributed by atoms with Crippen molar-refractivity contribution in [1.29, 1.82) is 0 Å². The number of carbonyl (C=O) groups is 4. The van der Waals surface area contributed by atoms with Gasteiger partial charge in [-0.3, -0.25) is 19.2 Å². The van der Waals surface area contributed by atoms with E-state index in [1.165, 1.54) is 0 Å². The third-order valence-electron chi connectivity index (χ3n) is 3.68. The Balaban J connectivity index is 3.31. The van der Waals surface area contributed by atoms with Gasteiger partial charge >= 0.3 is 23.9 Å². The second-order valence-electron chi connectivity index (χ2n) is 6.19. The van der Waals surface area contributed by atoms with E-state index in [0.717, 1.165) is 27.7 Å². The standard InChI is InChI=1S/C17H26O12/c1-8(20)24-7-13-14(25-9(2)21)15(26-10(3)22)16(27-11(4)23)17(29-13)28-12(5-18)6-19/h12-19H,5-7H2,1-4H3/t13-,14-,15+,16-,17-/m1/s1. The summed E-state index contributed by atoms with van der Waals surface area (Å²) in [5.74, 6) is -2.97. The van der Waals surface area contributed by atoms with Gasteiger partial charge in [-0.1, -0.05) is 0 Å². The van der Waals surface area contributed by atoms with Gasteiger partial charge in [-0.2, -0.15) is 0 Å². The molecule has 1 aliphatic heterocycles. The summed E-state index contributed by atoms with van der Waals surface area (Å²) >= 11 is 0. The number of aliphatic hydroxyl groups is 2. The fourth-order valence-electron chi connectivity index (χ4n) is 2.63. The van der Waals surface area contributed by atoms with Gasteiger partial charge in [-0.25, -0.2) is 0 Å². The Morgan fingerprint density at radius 1 is 0.793 bits per heavy atom. The molecule has 5 atom stereocenters. The third kappa shape index (κ3) is 7.93. The van der Waals surface area contributed by atoms with E-state index in [0.29, 0.717) is 0 Å². The molecule has 2 N–H and O–H groups in total. The normalized spacial score (nSPS) is 26.5. The van der Waals surface area contributed by atoms with Crippen LogP contribution < -0.4 is 0 Å². The lowest BCUT2D eigenvalue weighted by atomic mass is 9.98. The van der Waals surface area contributed by atoms with Crippen molar-refractivity contribution in [2.75, 3.05) is 19.8 Å². The molecule has 1 saturated heterocycles. The van der Waals surface area contributed by atoms with Crippen LogP contribution in [0.4, 0.5) is 0 Å². The second kappa shape index (κ2) is 11.7. The zero-order valence-electron chi connectivity index (χ0n) is 16.6. The van der Waals surface area contributed by atoms with Crippen LogP contribution in [0.15, 0.2) is 0 Å². The Hall–Kier alpha value is -2.28. The van der Waals surface area contributed by atoms with Crippen molar-refractivity contribution in [3.05, 3.63) is 0 Å². The average molecular weight is 422 g/mol. The third-order valence-corrected chi connectivity index (χ3v) is 3.68. The first-order valence-electron chi connectivity index (χ1n) is 8.76. The summed E-state index contributed by atoms with van der Waals surface area (Å²) in [5, 5.41) is 18.6. The molecule has 12 nitrogen and oxygen atoms in total. The number of aliphatic hydroxyl groups excluding tert-OH is 2. The Bertz CT molecular complexity index is 587. The number of esters is 4. The first-order chi connectivity index (χ1) is 13.6. The molecule has 1 aliphatic rings. The summed E-state index contributed by atoms with van der Waals surface area (Å²) in [7, 11) is 0. The predicted octanol–water partition coefficient (Wildman–Crippen LogP) is -1.56. The maximum Gasteiger partial charge on any atom is 0.303 e.